The molecule has 17 heavy (non-hydrogen) atoms. The van der Waals surface area contributed by atoms with Crippen molar-refractivity contribution in [1.82, 2.24) is 19.9 Å². The van der Waals surface area contributed by atoms with Gasteiger partial charge >= 0.3 is 0 Å². The minimum atomic E-state index is 0.668. The SMILES string of the molecule is CCCNCCNc1nc2ccc(Br)cn2n1. The Hall–Kier alpha value is -1.14. The Morgan fingerprint density at radius 2 is 2.18 bits per heavy atom. The molecule has 2 rings (SSSR count). The lowest BCUT2D eigenvalue weighted by atomic mass is 10.5. The van der Waals surface area contributed by atoms with Gasteiger partial charge in [-0.1, -0.05) is 6.92 Å². The monoisotopic (exact) mass is 297 g/mol. The Morgan fingerprint density at radius 1 is 1.29 bits per heavy atom. The maximum atomic E-state index is 4.36. The van der Waals surface area contributed by atoms with E-state index in [2.05, 4.69) is 43.6 Å². The molecule has 0 aliphatic rings. The van der Waals surface area contributed by atoms with Crippen LogP contribution in [-0.4, -0.2) is 34.2 Å². The number of hydrogen-bond donors (Lipinski definition) is 2. The molecule has 0 bridgehead atoms. The lowest BCUT2D eigenvalue weighted by molar-refractivity contribution is 0.686. The van der Waals surface area contributed by atoms with Gasteiger partial charge in [0.15, 0.2) is 5.65 Å². The van der Waals surface area contributed by atoms with Crippen LogP contribution in [0, 0.1) is 0 Å². The third kappa shape index (κ3) is 3.41. The van der Waals surface area contributed by atoms with Gasteiger partial charge in [0.1, 0.15) is 0 Å². The molecule has 0 unspecified atom stereocenters. The lowest BCUT2D eigenvalue weighted by Gasteiger charge is -2.02. The van der Waals surface area contributed by atoms with E-state index in [-0.39, 0.29) is 0 Å². The van der Waals surface area contributed by atoms with E-state index >= 15 is 0 Å². The number of nitrogens with zero attached hydrogens (tertiary/aromatic N) is 3. The molecule has 0 saturated heterocycles. The van der Waals surface area contributed by atoms with E-state index < -0.39 is 0 Å². The summed E-state index contributed by atoms with van der Waals surface area (Å²) in [7, 11) is 0. The van der Waals surface area contributed by atoms with Crippen molar-refractivity contribution in [3.63, 3.8) is 0 Å². The highest BCUT2D eigenvalue weighted by Gasteiger charge is 2.02. The van der Waals surface area contributed by atoms with Gasteiger partial charge in [-0.05, 0) is 41.0 Å². The van der Waals surface area contributed by atoms with Crippen LogP contribution in [0.4, 0.5) is 5.95 Å². The average Bonchev–Trinajstić information content (AvgIpc) is 2.70. The van der Waals surface area contributed by atoms with Gasteiger partial charge in [-0.3, -0.25) is 0 Å². The maximum Gasteiger partial charge on any atom is 0.243 e. The summed E-state index contributed by atoms with van der Waals surface area (Å²) in [6, 6.07) is 3.88. The summed E-state index contributed by atoms with van der Waals surface area (Å²) in [4.78, 5) is 4.36. The van der Waals surface area contributed by atoms with Crippen LogP contribution in [0.3, 0.4) is 0 Å². The van der Waals surface area contributed by atoms with Gasteiger partial charge in [-0.15, -0.1) is 5.10 Å². The number of fused-ring (bicyclic) bond motifs is 1. The largest absolute Gasteiger partial charge is 0.352 e. The summed E-state index contributed by atoms with van der Waals surface area (Å²) in [5.74, 6) is 0.668. The smallest absolute Gasteiger partial charge is 0.243 e. The van der Waals surface area contributed by atoms with E-state index in [0.29, 0.717) is 5.95 Å². The van der Waals surface area contributed by atoms with Gasteiger partial charge in [0.2, 0.25) is 5.95 Å². The molecule has 0 saturated carbocycles. The van der Waals surface area contributed by atoms with Crippen LogP contribution in [0.1, 0.15) is 13.3 Å². The van der Waals surface area contributed by atoms with E-state index in [4.69, 9.17) is 0 Å². The Morgan fingerprint density at radius 3 is 3.00 bits per heavy atom. The van der Waals surface area contributed by atoms with Crippen molar-refractivity contribution >= 4 is 27.5 Å². The number of rotatable bonds is 6. The van der Waals surface area contributed by atoms with Crippen LogP contribution in [0.25, 0.3) is 5.65 Å². The number of anilines is 1. The van der Waals surface area contributed by atoms with Crippen LogP contribution in [0.15, 0.2) is 22.8 Å². The zero-order chi connectivity index (χ0) is 12.1. The number of pyridine rings is 1. The molecule has 0 radical (unpaired) electrons. The highest BCUT2D eigenvalue weighted by Crippen LogP contribution is 2.11. The summed E-state index contributed by atoms with van der Waals surface area (Å²) < 4.78 is 2.75. The van der Waals surface area contributed by atoms with Crippen molar-refractivity contribution in [2.24, 2.45) is 0 Å². The number of halogens is 1. The number of hydrogen-bond acceptors (Lipinski definition) is 4. The molecule has 2 heterocycles. The second-order valence-corrected chi connectivity index (χ2v) is 4.68. The van der Waals surface area contributed by atoms with Gasteiger partial charge < -0.3 is 10.6 Å². The molecular weight excluding hydrogens is 282 g/mol. The quantitative estimate of drug-likeness (QED) is 0.800. The molecule has 0 fully saturated rings. The Balaban J connectivity index is 1.91. The molecule has 5 nitrogen and oxygen atoms in total. The van der Waals surface area contributed by atoms with E-state index in [1.54, 1.807) is 4.52 Å². The van der Waals surface area contributed by atoms with Gasteiger partial charge in [0.25, 0.3) is 0 Å². The molecule has 0 aliphatic carbocycles. The van der Waals surface area contributed by atoms with E-state index in [1.165, 1.54) is 0 Å². The van der Waals surface area contributed by atoms with Gasteiger partial charge in [-0.25, -0.2) is 4.52 Å². The van der Waals surface area contributed by atoms with Gasteiger partial charge in [0.05, 0.1) is 0 Å². The molecule has 2 aromatic heterocycles. The first-order chi connectivity index (χ1) is 8.29. The Kier molecular flexibility index (Phi) is 4.33. The zero-order valence-electron chi connectivity index (χ0n) is 9.78. The van der Waals surface area contributed by atoms with Crippen LogP contribution in [-0.2, 0) is 0 Å². The fraction of sp³-hybridized carbons (Fsp3) is 0.455. The highest BCUT2D eigenvalue weighted by molar-refractivity contribution is 9.10. The number of aromatic nitrogens is 3. The van der Waals surface area contributed by atoms with Crippen molar-refractivity contribution in [1.29, 1.82) is 0 Å². The standard InChI is InChI=1S/C11H16BrN5/c1-2-5-13-6-7-14-11-15-10-4-3-9(12)8-17(10)16-11/h3-4,8,13H,2,5-7H2,1H3,(H,14,16). The predicted molar refractivity (Wildman–Crippen MR) is 72.3 cm³/mol. The van der Waals surface area contributed by atoms with Crippen molar-refractivity contribution < 1.29 is 0 Å². The maximum absolute atomic E-state index is 4.36. The normalized spacial score (nSPS) is 10.9. The zero-order valence-corrected chi connectivity index (χ0v) is 11.4. The molecule has 0 amide bonds. The molecule has 2 aromatic rings. The molecule has 0 spiro atoms. The first-order valence-electron chi connectivity index (χ1n) is 5.76. The van der Waals surface area contributed by atoms with Gasteiger partial charge in [0, 0.05) is 23.8 Å². The van der Waals surface area contributed by atoms with Crippen molar-refractivity contribution in [2.75, 3.05) is 25.0 Å². The fourth-order valence-electron chi connectivity index (χ4n) is 1.50. The first-order valence-corrected chi connectivity index (χ1v) is 6.55. The summed E-state index contributed by atoms with van der Waals surface area (Å²) in [6.45, 7) is 4.96. The number of nitrogens with one attached hydrogen (secondary N) is 2. The van der Waals surface area contributed by atoms with Crippen molar-refractivity contribution in [2.45, 2.75) is 13.3 Å². The van der Waals surface area contributed by atoms with Gasteiger partial charge in [-0.2, -0.15) is 4.98 Å². The second kappa shape index (κ2) is 5.97. The Labute approximate surface area is 109 Å². The first kappa shape index (κ1) is 12.3. The average molecular weight is 298 g/mol. The van der Waals surface area contributed by atoms with Crippen molar-refractivity contribution in [3.05, 3.63) is 22.8 Å². The third-order valence-electron chi connectivity index (χ3n) is 2.31. The topological polar surface area (TPSA) is 54.2 Å². The fourth-order valence-corrected chi connectivity index (χ4v) is 1.82. The van der Waals surface area contributed by atoms with Crippen LogP contribution >= 0.6 is 15.9 Å². The molecule has 0 aliphatic heterocycles. The Bertz CT molecular complexity index is 482. The minimum absolute atomic E-state index is 0.668. The summed E-state index contributed by atoms with van der Waals surface area (Å²) >= 11 is 3.40. The second-order valence-electron chi connectivity index (χ2n) is 3.76. The van der Waals surface area contributed by atoms with E-state index in [9.17, 15) is 0 Å². The molecule has 0 atom stereocenters. The molecule has 6 heteroatoms. The minimum Gasteiger partial charge on any atom is -0.352 e. The molecule has 92 valence electrons. The molecule has 2 N–H and O–H groups in total. The van der Waals surface area contributed by atoms with Crippen LogP contribution in [0.5, 0.6) is 0 Å². The highest BCUT2D eigenvalue weighted by atomic mass is 79.9. The van der Waals surface area contributed by atoms with E-state index in [1.807, 2.05) is 18.3 Å². The molecule has 0 aromatic carbocycles. The molecular formula is C11H16BrN5. The summed E-state index contributed by atoms with van der Waals surface area (Å²) in [5.41, 5.74) is 0.845. The van der Waals surface area contributed by atoms with E-state index in [0.717, 1.165) is 36.2 Å². The van der Waals surface area contributed by atoms with Crippen LogP contribution in [0.2, 0.25) is 0 Å². The van der Waals surface area contributed by atoms with Crippen LogP contribution < -0.4 is 10.6 Å². The lowest BCUT2D eigenvalue weighted by Crippen LogP contribution is -2.23. The predicted octanol–water partition coefficient (Wildman–Crippen LogP) is 1.90. The van der Waals surface area contributed by atoms with Crippen molar-refractivity contribution in [3.8, 4) is 0 Å². The third-order valence-corrected chi connectivity index (χ3v) is 2.78. The summed E-state index contributed by atoms with van der Waals surface area (Å²) in [6.07, 6.45) is 3.05. The summed E-state index contributed by atoms with van der Waals surface area (Å²) in [5, 5.41) is 10.8.